The Hall–Kier alpha value is -1.59. The van der Waals surface area contributed by atoms with Crippen LogP contribution in [0.25, 0.3) is 0 Å². The Bertz CT molecular complexity index is 651. The molecule has 2 aliphatic heterocycles. The summed E-state index contributed by atoms with van der Waals surface area (Å²) >= 11 is 0. The molecule has 5 heteroatoms. The molecule has 1 atom stereocenters. The molecular weight excluding hydrogens is 352 g/mol. The highest BCUT2D eigenvalue weighted by atomic mass is 16.6. The van der Waals surface area contributed by atoms with Gasteiger partial charge in [0, 0.05) is 32.2 Å². The van der Waals surface area contributed by atoms with Gasteiger partial charge in [0.05, 0.1) is 18.8 Å². The Morgan fingerprint density at radius 3 is 2.57 bits per heavy atom. The van der Waals surface area contributed by atoms with E-state index >= 15 is 0 Å². The maximum atomic E-state index is 12.0. The monoisotopic (exact) mass is 386 g/mol. The maximum absolute atomic E-state index is 12.0. The van der Waals surface area contributed by atoms with Gasteiger partial charge in [-0.05, 0) is 56.9 Å². The highest BCUT2D eigenvalue weighted by Crippen LogP contribution is 2.50. The summed E-state index contributed by atoms with van der Waals surface area (Å²) in [5.41, 5.74) is 1.62. The predicted octanol–water partition coefficient (Wildman–Crippen LogP) is 4.24. The lowest BCUT2D eigenvalue weighted by Crippen LogP contribution is -2.54. The Labute approximate surface area is 169 Å². The van der Waals surface area contributed by atoms with E-state index in [0.717, 1.165) is 45.4 Å². The molecule has 1 aromatic carbocycles. The van der Waals surface area contributed by atoms with Crippen LogP contribution in [0.3, 0.4) is 0 Å². The second-order valence-electron chi connectivity index (χ2n) is 8.86. The summed E-state index contributed by atoms with van der Waals surface area (Å²) in [5.74, 6) is 0. The van der Waals surface area contributed by atoms with Crippen molar-refractivity contribution in [1.29, 1.82) is 0 Å². The molecule has 2 saturated heterocycles. The first-order valence-corrected chi connectivity index (χ1v) is 10.9. The third kappa shape index (κ3) is 4.20. The molecule has 1 aromatic rings. The van der Waals surface area contributed by atoms with Crippen LogP contribution in [-0.4, -0.2) is 60.8 Å². The van der Waals surface area contributed by atoms with Gasteiger partial charge < -0.3 is 19.3 Å². The molecule has 1 saturated carbocycles. The van der Waals surface area contributed by atoms with Crippen molar-refractivity contribution in [2.45, 2.75) is 64.2 Å². The van der Waals surface area contributed by atoms with Crippen LogP contribution in [0, 0.1) is 5.41 Å². The molecule has 3 fully saturated rings. The largest absolute Gasteiger partial charge is 0.450 e. The van der Waals surface area contributed by atoms with Crippen LogP contribution in [-0.2, 0) is 9.47 Å². The Balaban J connectivity index is 1.19. The molecule has 0 radical (unpaired) electrons. The number of carbonyl (C=O) groups is 1. The average Bonchev–Trinajstić information content (AvgIpc) is 3.14. The molecule has 3 aliphatic rings. The highest BCUT2D eigenvalue weighted by Gasteiger charge is 2.51. The van der Waals surface area contributed by atoms with Crippen LogP contribution in [0.4, 0.5) is 4.79 Å². The van der Waals surface area contributed by atoms with Gasteiger partial charge in [0.1, 0.15) is 0 Å². The van der Waals surface area contributed by atoms with Crippen molar-refractivity contribution >= 4 is 6.09 Å². The van der Waals surface area contributed by atoms with E-state index in [-0.39, 0.29) is 12.2 Å². The van der Waals surface area contributed by atoms with Gasteiger partial charge in [-0.3, -0.25) is 0 Å². The molecule has 28 heavy (non-hydrogen) atoms. The van der Waals surface area contributed by atoms with E-state index in [1.54, 1.807) is 0 Å². The van der Waals surface area contributed by atoms with Gasteiger partial charge in [-0.2, -0.15) is 0 Å². The van der Waals surface area contributed by atoms with Crippen molar-refractivity contribution in [2.75, 3.05) is 32.8 Å². The molecule has 5 nitrogen and oxygen atoms in total. The zero-order chi connectivity index (χ0) is 19.6. The zero-order valence-corrected chi connectivity index (χ0v) is 17.3. The topological polar surface area (TPSA) is 42.0 Å². The van der Waals surface area contributed by atoms with E-state index in [2.05, 4.69) is 42.2 Å². The van der Waals surface area contributed by atoms with Crippen molar-refractivity contribution in [3.05, 3.63) is 35.9 Å². The van der Waals surface area contributed by atoms with Gasteiger partial charge in [0.15, 0.2) is 0 Å². The third-order valence-electron chi connectivity index (χ3n) is 6.96. The van der Waals surface area contributed by atoms with E-state index in [9.17, 15) is 4.79 Å². The van der Waals surface area contributed by atoms with Crippen LogP contribution in [0.15, 0.2) is 30.3 Å². The molecule has 1 unspecified atom stereocenters. The molecular formula is C23H34N2O3. The number of amides is 1. The maximum Gasteiger partial charge on any atom is 0.409 e. The number of likely N-dealkylation sites (tertiary alicyclic amines) is 2. The first-order valence-electron chi connectivity index (χ1n) is 10.9. The number of hydrogen-bond donors (Lipinski definition) is 0. The van der Waals surface area contributed by atoms with E-state index in [1.807, 2.05) is 11.8 Å². The standard InChI is InChI=1S/C23H34N2O3/c1-3-27-22(26)25-14-11-23(17-25)15-20(16-23)24-12-9-21(10-13-24)28-18(2)19-7-5-4-6-8-19/h4-8,18,20-21H,3,9-17H2,1-2H3. The predicted molar refractivity (Wildman–Crippen MR) is 109 cm³/mol. The molecule has 0 aromatic heterocycles. The van der Waals surface area contributed by atoms with E-state index in [0.29, 0.717) is 24.2 Å². The van der Waals surface area contributed by atoms with Crippen LogP contribution in [0.5, 0.6) is 0 Å². The Kier molecular flexibility index (Phi) is 5.93. The number of nitrogens with zero attached hydrogens (tertiary/aromatic N) is 2. The van der Waals surface area contributed by atoms with Gasteiger partial charge in [0.2, 0.25) is 0 Å². The molecule has 1 amide bonds. The van der Waals surface area contributed by atoms with E-state index in [4.69, 9.17) is 9.47 Å². The SMILES string of the molecule is CCOC(=O)N1CCC2(CC(N3CCC(OC(C)c4ccccc4)CC3)C2)C1. The zero-order valence-electron chi connectivity index (χ0n) is 17.3. The lowest BCUT2D eigenvalue weighted by Gasteiger charge is -2.51. The van der Waals surface area contributed by atoms with Gasteiger partial charge in [0.25, 0.3) is 0 Å². The lowest BCUT2D eigenvalue weighted by atomic mass is 9.64. The molecule has 0 bridgehead atoms. The first kappa shape index (κ1) is 19.7. The average molecular weight is 387 g/mol. The van der Waals surface area contributed by atoms with Crippen LogP contribution >= 0.6 is 0 Å². The summed E-state index contributed by atoms with van der Waals surface area (Å²) in [6.07, 6.45) is 6.24. The van der Waals surface area contributed by atoms with Gasteiger partial charge in [-0.15, -0.1) is 0 Å². The minimum atomic E-state index is -0.131. The van der Waals surface area contributed by atoms with Crippen molar-refractivity contribution in [3.63, 3.8) is 0 Å². The highest BCUT2D eigenvalue weighted by molar-refractivity contribution is 5.68. The number of rotatable bonds is 5. The van der Waals surface area contributed by atoms with E-state index < -0.39 is 0 Å². The first-order chi connectivity index (χ1) is 13.6. The molecule has 1 spiro atoms. The van der Waals surface area contributed by atoms with Crippen molar-refractivity contribution in [2.24, 2.45) is 5.41 Å². The molecule has 154 valence electrons. The van der Waals surface area contributed by atoms with Crippen molar-refractivity contribution in [3.8, 4) is 0 Å². The second kappa shape index (κ2) is 8.42. The van der Waals surface area contributed by atoms with Gasteiger partial charge >= 0.3 is 6.09 Å². The summed E-state index contributed by atoms with van der Waals surface area (Å²) < 4.78 is 11.5. The Morgan fingerprint density at radius 2 is 1.89 bits per heavy atom. The van der Waals surface area contributed by atoms with Crippen LogP contribution in [0.1, 0.15) is 57.6 Å². The van der Waals surface area contributed by atoms with Crippen LogP contribution in [0.2, 0.25) is 0 Å². The van der Waals surface area contributed by atoms with Gasteiger partial charge in [-0.25, -0.2) is 4.79 Å². The lowest BCUT2D eigenvalue weighted by molar-refractivity contribution is -0.0643. The van der Waals surface area contributed by atoms with Crippen molar-refractivity contribution in [1.82, 2.24) is 9.80 Å². The molecule has 4 rings (SSSR count). The summed E-state index contributed by atoms with van der Waals surface area (Å²) in [6.45, 7) is 8.51. The minimum Gasteiger partial charge on any atom is -0.450 e. The fraction of sp³-hybridized carbons (Fsp3) is 0.696. The fourth-order valence-corrected chi connectivity index (χ4v) is 5.31. The molecule has 2 heterocycles. The summed E-state index contributed by atoms with van der Waals surface area (Å²) in [7, 11) is 0. The summed E-state index contributed by atoms with van der Waals surface area (Å²) in [4.78, 5) is 16.5. The fourth-order valence-electron chi connectivity index (χ4n) is 5.31. The van der Waals surface area contributed by atoms with Crippen LogP contribution < -0.4 is 0 Å². The smallest absolute Gasteiger partial charge is 0.409 e. The second-order valence-corrected chi connectivity index (χ2v) is 8.86. The number of piperidine rings is 1. The summed E-state index contributed by atoms with van der Waals surface area (Å²) in [5, 5.41) is 0. The number of ether oxygens (including phenoxy) is 2. The number of carbonyl (C=O) groups excluding carboxylic acids is 1. The number of hydrogen-bond acceptors (Lipinski definition) is 4. The van der Waals surface area contributed by atoms with E-state index in [1.165, 1.54) is 18.4 Å². The molecule has 1 aliphatic carbocycles. The quantitative estimate of drug-likeness (QED) is 0.759. The Morgan fingerprint density at radius 1 is 1.18 bits per heavy atom. The normalized spacial score (nSPS) is 29.6. The van der Waals surface area contributed by atoms with Crippen molar-refractivity contribution < 1.29 is 14.3 Å². The van der Waals surface area contributed by atoms with Gasteiger partial charge in [-0.1, -0.05) is 30.3 Å². The third-order valence-corrected chi connectivity index (χ3v) is 6.96. The minimum absolute atomic E-state index is 0.131. The molecule has 0 N–H and O–H groups in total. The summed E-state index contributed by atoms with van der Waals surface area (Å²) in [6, 6.07) is 11.2. The number of benzene rings is 1.